The number of aryl methyl sites for hydroxylation is 2. The molecule has 2 heterocycles. The highest BCUT2D eigenvalue weighted by molar-refractivity contribution is 5.94. The maximum absolute atomic E-state index is 11.3. The van der Waals surface area contributed by atoms with E-state index >= 15 is 0 Å². The number of hydrogen-bond acceptors (Lipinski definition) is 8. The Kier molecular flexibility index (Phi) is 8.17. The molecule has 0 aliphatic rings. The van der Waals surface area contributed by atoms with Gasteiger partial charge in [0.25, 0.3) is 0 Å². The molecule has 0 bridgehead atoms. The first-order valence-electron chi connectivity index (χ1n) is 11.7. The van der Waals surface area contributed by atoms with Gasteiger partial charge in [-0.15, -0.1) is 10.2 Å². The zero-order chi connectivity index (χ0) is 25.3. The molecule has 10 nitrogen and oxygen atoms in total. The summed E-state index contributed by atoms with van der Waals surface area (Å²) in [6.45, 7) is 5.16. The van der Waals surface area contributed by atoms with Gasteiger partial charge < -0.3 is 9.47 Å². The highest BCUT2D eigenvalue weighted by Gasteiger charge is 2.06. The summed E-state index contributed by atoms with van der Waals surface area (Å²) in [5.74, 6) is 1.41. The van der Waals surface area contributed by atoms with Crippen molar-refractivity contribution in [1.29, 1.82) is 0 Å². The number of Topliss-reactive ketones (excluding diaryl/α,β-unsaturated/α-hetero) is 2. The minimum absolute atomic E-state index is 0.0247. The van der Waals surface area contributed by atoms with Gasteiger partial charge in [0, 0.05) is 24.2 Å². The maximum Gasteiger partial charge on any atom is 0.159 e. The first kappa shape index (κ1) is 24.8. The number of ketones is 2. The Morgan fingerprint density at radius 3 is 1.42 bits per heavy atom. The summed E-state index contributed by atoms with van der Waals surface area (Å²) >= 11 is 0. The van der Waals surface area contributed by atoms with Gasteiger partial charge in [0.1, 0.15) is 36.1 Å². The topological polar surface area (TPSA) is 114 Å². The van der Waals surface area contributed by atoms with Crippen molar-refractivity contribution in [3.63, 3.8) is 0 Å². The molecular weight excluding hydrogens is 460 g/mol. The molecule has 2 aromatic heterocycles. The van der Waals surface area contributed by atoms with Crippen LogP contribution < -0.4 is 9.47 Å². The van der Waals surface area contributed by atoms with Crippen LogP contribution in [0.5, 0.6) is 11.5 Å². The molecule has 4 rings (SSSR count). The van der Waals surface area contributed by atoms with Crippen LogP contribution in [0.4, 0.5) is 0 Å². The predicted molar refractivity (Wildman–Crippen MR) is 131 cm³/mol. The molecule has 0 amide bonds. The first-order valence-corrected chi connectivity index (χ1v) is 11.7. The molecule has 0 radical (unpaired) electrons. The van der Waals surface area contributed by atoms with Crippen molar-refractivity contribution in [2.45, 2.75) is 53.0 Å². The van der Waals surface area contributed by atoms with Crippen LogP contribution in [0.2, 0.25) is 0 Å². The van der Waals surface area contributed by atoms with Gasteiger partial charge in [-0.3, -0.25) is 19.0 Å². The average Bonchev–Trinajstić information content (AvgIpc) is 3.54. The van der Waals surface area contributed by atoms with E-state index in [0.29, 0.717) is 35.8 Å². The Hall–Kier alpha value is -4.34. The summed E-state index contributed by atoms with van der Waals surface area (Å²) in [6.07, 6.45) is 5.56. The zero-order valence-corrected chi connectivity index (χ0v) is 20.3. The Morgan fingerprint density at radius 1 is 0.667 bits per heavy atom. The van der Waals surface area contributed by atoms with E-state index in [4.69, 9.17) is 9.47 Å². The molecule has 0 aliphatic carbocycles. The van der Waals surface area contributed by atoms with Gasteiger partial charge >= 0.3 is 0 Å². The fourth-order valence-corrected chi connectivity index (χ4v) is 3.46. The molecule has 186 valence electrons. The van der Waals surface area contributed by atoms with Crippen molar-refractivity contribution in [3.05, 3.63) is 83.4 Å². The quantitative estimate of drug-likeness (QED) is 0.206. The summed E-state index contributed by atoms with van der Waals surface area (Å²) < 4.78 is 15.0. The highest BCUT2D eigenvalue weighted by Crippen LogP contribution is 2.15. The van der Waals surface area contributed by atoms with Crippen molar-refractivity contribution in [2.24, 2.45) is 0 Å². The van der Waals surface area contributed by atoms with E-state index in [2.05, 4.69) is 20.6 Å². The largest absolute Gasteiger partial charge is 0.487 e. The smallest absolute Gasteiger partial charge is 0.159 e. The number of unbranched alkanes of at least 4 members (excludes halogenated alkanes) is 1. The van der Waals surface area contributed by atoms with E-state index in [9.17, 15) is 9.59 Å². The monoisotopic (exact) mass is 488 g/mol. The van der Waals surface area contributed by atoms with Crippen LogP contribution in [-0.4, -0.2) is 41.6 Å². The van der Waals surface area contributed by atoms with Crippen molar-refractivity contribution >= 4 is 11.6 Å². The fraction of sp³-hybridized carbons (Fsp3) is 0.308. The molecule has 4 aromatic rings. The summed E-state index contributed by atoms with van der Waals surface area (Å²) in [6, 6.07) is 14.1. The number of ether oxygens (including phenoxy) is 2. The Balaban J connectivity index is 1.14. The summed E-state index contributed by atoms with van der Waals surface area (Å²) in [4.78, 5) is 22.7. The van der Waals surface area contributed by atoms with E-state index < -0.39 is 0 Å². The van der Waals surface area contributed by atoms with Crippen molar-refractivity contribution < 1.29 is 19.1 Å². The van der Waals surface area contributed by atoms with E-state index in [1.54, 1.807) is 57.9 Å². The number of benzene rings is 2. The Morgan fingerprint density at radius 2 is 1.06 bits per heavy atom. The predicted octanol–water partition coefficient (Wildman–Crippen LogP) is 3.91. The average molecular weight is 489 g/mol. The lowest BCUT2D eigenvalue weighted by molar-refractivity contribution is 0.100. The van der Waals surface area contributed by atoms with E-state index in [1.807, 2.05) is 12.4 Å². The molecule has 0 aliphatic heterocycles. The van der Waals surface area contributed by atoms with Gasteiger partial charge in [0.05, 0.1) is 12.4 Å². The number of aromatic nitrogens is 6. The Bertz CT molecular complexity index is 1190. The van der Waals surface area contributed by atoms with Crippen LogP contribution in [-0.2, 0) is 26.3 Å². The zero-order valence-electron chi connectivity index (χ0n) is 20.3. The lowest BCUT2D eigenvalue weighted by atomic mass is 10.1. The lowest BCUT2D eigenvalue weighted by Gasteiger charge is -2.04. The molecule has 2 aromatic carbocycles. The second-order valence-corrected chi connectivity index (χ2v) is 8.39. The normalized spacial score (nSPS) is 10.8. The first-order chi connectivity index (χ1) is 17.5. The second kappa shape index (κ2) is 11.9. The SMILES string of the molecule is CC(=O)c1ccc(OCc2cn(CCCCn3cc(COc4ccc(C(C)=O)cc4)nn3)nn2)cc1. The fourth-order valence-electron chi connectivity index (χ4n) is 3.46. The highest BCUT2D eigenvalue weighted by atomic mass is 16.5. The molecule has 0 saturated heterocycles. The van der Waals surface area contributed by atoms with Crippen LogP contribution in [0.1, 0.15) is 58.8 Å². The molecule has 0 saturated carbocycles. The third-order valence-corrected chi connectivity index (χ3v) is 5.49. The van der Waals surface area contributed by atoms with Crippen LogP contribution in [0, 0.1) is 0 Å². The molecular formula is C26H28N6O4. The summed E-state index contributed by atoms with van der Waals surface area (Å²) in [7, 11) is 0. The molecule has 0 N–H and O–H groups in total. The van der Waals surface area contributed by atoms with Crippen LogP contribution in [0.15, 0.2) is 60.9 Å². The maximum atomic E-state index is 11.3. The van der Waals surface area contributed by atoms with Gasteiger partial charge in [-0.25, -0.2) is 0 Å². The van der Waals surface area contributed by atoms with Crippen molar-refractivity contribution in [3.8, 4) is 11.5 Å². The molecule has 0 spiro atoms. The van der Waals surface area contributed by atoms with Gasteiger partial charge in [-0.2, -0.15) is 0 Å². The van der Waals surface area contributed by atoms with Crippen molar-refractivity contribution in [2.75, 3.05) is 0 Å². The third-order valence-electron chi connectivity index (χ3n) is 5.49. The minimum atomic E-state index is 0.0247. The summed E-state index contributed by atoms with van der Waals surface area (Å²) in [5, 5.41) is 16.6. The number of rotatable bonds is 13. The number of nitrogens with zero attached hydrogens (tertiary/aromatic N) is 6. The molecule has 36 heavy (non-hydrogen) atoms. The molecule has 10 heteroatoms. The number of carbonyl (C=O) groups is 2. The second-order valence-electron chi connectivity index (χ2n) is 8.39. The van der Waals surface area contributed by atoms with Crippen molar-refractivity contribution in [1.82, 2.24) is 30.0 Å². The molecule has 0 atom stereocenters. The summed E-state index contributed by atoms with van der Waals surface area (Å²) in [5.41, 5.74) is 2.78. The standard InChI is InChI=1S/C26H28N6O4/c1-19(33)21-5-9-25(10-6-21)35-17-23-15-31(29-27-23)13-3-4-14-32-16-24(28-30-32)18-36-26-11-7-22(8-12-26)20(2)34/h5-12,15-16H,3-4,13-14,17-18H2,1-2H3. The van der Waals surface area contributed by atoms with Gasteiger partial charge in [-0.1, -0.05) is 10.4 Å². The minimum Gasteiger partial charge on any atom is -0.487 e. The van der Waals surface area contributed by atoms with E-state index in [1.165, 1.54) is 13.8 Å². The lowest BCUT2D eigenvalue weighted by Crippen LogP contribution is -2.03. The van der Waals surface area contributed by atoms with Crippen LogP contribution in [0.25, 0.3) is 0 Å². The van der Waals surface area contributed by atoms with E-state index in [0.717, 1.165) is 37.3 Å². The van der Waals surface area contributed by atoms with Crippen LogP contribution in [0.3, 0.4) is 0 Å². The van der Waals surface area contributed by atoms with Crippen LogP contribution >= 0.6 is 0 Å². The molecule has 0 unspecified atom stereocenters. The van der Waals surface area contributed by atoms with E-state index in [-0.39, 0.29) is 11.6 Å². The number of hydrogen-bond donors (Lipinski definition) is 0. The Labute approximate surface area is 208 Å². The van der Waals surface area contributed by atoms with Gasteiger partial charge in [-0.05, 0) is 75.2 Å². The molecule has 0 fully saturated rings. The van der Waals surface area contributed by atoms with Gasteiger partial charge in [0.2, 0.25) is 0 Å². The third kappa shape index (κ3) is 7.08. The van der Waals surface area contributed by atoms with Gasteiger partial charge in [0.15, 0.2) is 11.6 Å². The number of carbonyl (C=O) groups excluding carboxylic acids is 2.